The third kappa shape index (κ3) is 6.82. The lowest BCUT2D eigenvalue weighted by molar-refractivity contribution is 0.186. The fourth-order valence-electron chi connectivity index (χ4n) is 2.50. The van der Waals surface area contributed by atoms with Crippen LogP contribution in [0.25, 0.3) is 0 Å². The molecule has 0 aromatic heterocycles. The van der Waals surface area contributed by atoms with Crippen LogP contribution < -0.4 is 5.32 Å². The van der Waals surface area contributed by atoms with E-state index in [1.807, 2.05) is 12.1 Å². The van der Waals surface area contributed by atoms with Gasteiger partial charge in [-0.1, -0.05) is 37.6 Å². The van der Waals surface area contributed by atoms with Gasteiger partial charge in [-0.2, -0.15) is 0 Å². The molecule has 0 spiro atoms. The van der Waals surface area contributed by atoms with E-state index in [-0.39, 0.29) is 0 Å². The predicted molar refractivity (Wildman–Crippen MR) is 94.0 cm³/mol. The molecule has 0 bridgehead atoms. The fourth-order valence-corrected chi connectivity index (χ4v) is 2.70. The van der Waals surface area contributed by atoms with Crippen molar-refractivity contribution in [2.45, 2.75) is 52.6 Å². The normalized spacial score (nSPS) is 14.7. The Bertz CT molecular complexity index is 406. The first kappa shape index (κ1) is 18.5. The van der Waals surface area contributed by atoms with Gasteiger partial charge in [-0.15, -0.1) is 0 Å². The lowest BCUT2D eigenvalue weighted by Crippen LogP contribution is -2.32. The van der Waals surface area contributed by atoms with Crippen molar-refractivity contribution in [2.75, 3.05) is 20.1 Å². The molecule has 0 amide bonds. The van der Waals surface area contributed by atoms with Crippen LogP contribution in [-0.2, 0) is 0 Å². The number of benzene rings is 1. The minimum atomic E-state index is 0.391. The van der Waals surface area contributed by atoms with Gasteiger partial charge in [-0.05, 0) is 70.4 Å². The van der Waals surface area contributed by atoms with Gasteiger partial charge in [-0.3, -0.25) is 4.90 Å². The minimum absolute atomic E-state index is 0.391. The Morgan fingerprint density at radius 1 is 1.19 bits per heavy atom. The van der Waals surface area contributed by atoms with Crippen molar-refractivity contribution >= 4 is 11.6 Å². The molecule has 0 aliphatic carbocycles. The fraction of sp³-hybridized carbons (Fsp3) is 0.667. The molecular weight excluding hydrogens is 280 g/mol. The molecular formula is C18H31ClN2. The van der Waals surface area contributed by atoms with E-state index in [2.05, 4.69) is 57.1 Å². The topological polar surface area (TPSA) is 15.3 Å². The first-order chi connectivity index (χ1) is 9.91. The molecule has 0 radical (unpaired) electrons. The number of rotatable bonds is 9. The number of nitrogens with zero attached hydrogens (tertiary/aromatic N) is 1. The Hall–Kier alpha value is -0.570. The van der Waals surface area contributed by atoms with E-state index in [1.54, 1.807) is 0 Å². The highest BCUT2D eigenvalue weighted by Gasteiger charge is 2.17. The first-order valence-corrected chi connectivity index (χ1v) is 8.47. The average molecular weight is 311 g/mol. The summed E-state index contributed by atoms with van der Waals surface area (Å²) in [6.45, 7) is 11.3. The highest BCUT2D eigenvalue weighted by atomic mass is 35.5. The zero-order chi connectivity index (χ0) is 15.8. The zero-order valence-corrected chi connectivity index (χ0v) is 15.0. The maximum absolute atomic E-state index is 6.09. The molecule has 120 valence electrons. The third-order valence-corrected chi connectivity index (χ3v) is 4.40. The molecule has 0 saturated heterocycles. The molecule has 1 aromatic carbocycles. The lowest BCUT2D eigenvalue weighted by Gasteiger charge is -2.31. The zero-order valence-electron chi connectivity index (χ0n) is 14.2. The van der Waals surface area contributed by atoms with Crippen molar-refractivity contribution in [3.05, 3.63) is 34.9 Å². The van der Waals surface area contributed by atoms with Crippen LogP contribution in [0, 0.1) is 5.92 Å². The van der Waals surface area contributed by atoms with Crippen molar-refractivity contribution in [1.29, 1.82) is 0 Å². The van der Waals surface area contributed by atoms with Crippen molar-refractivity contribution in [2.24, 2.45) is 5.92 Å². The molecule has 2 atom stereocenters. The molecule has 2 unspecified atom stereocenters. The van der Waals surface area contributed by atoms with E-state index in [4.69, 9.17) is 11.6 Å². The molecule has 1 rings (SSSR count). The molecule has 3 heteroatoms. The van der Waals surface area contributed by atoms with E-state index in [0.717, 1.165) is 24.0 Å². The van der Waals surface area contributed by atoms with Gasteiger partial charge in [0.2, 0.25) is 0 Å². The molecule has 0 aliphatic rings. The highest BCUT2D eigenvalue weighted by Crippen LogP contribution is 2.24. The van der Waals surface area contributed by atoms with Crippen LogP contribution in [0.5, 0.6) is 0 Å². The molecule has 21 heavy (non-hydrogen) atoms. The molecule has 2 nitrogen and oxygen atoms in total. The van der Waals surface area contributed by atoms with Gasteiger partial charge in [0, 0.05) is 17.1 Å². The van der Waals surface area contributed by atoms with Crippen molar-refractivity contribution in [1.82, 2.24) is 10.2 Å². The van der Waals surface area contributed by atoms with Crippen LogP contribution >= 0.6 is 11.6 Å². The Balaban J connectivity index is 2.37. The van der Waals surface area contributed by atoms with Gasteiger partial charge < -0.3 is 5.32 Å². The van der Waals surface area contributed by atoms with E-state index < -0.39 is 0 Å². The van der Waals surface area contributed by atoms with Crippen LogP contribution in [-0.4, -0.2) is 31.1 Å². The molecule has 0 heterocycles. The van der Waals surface area contributed by atoms with Gasteiger partial charge in [0.15, 0.2) is 0 Å². The maximum atomic E-state index is 6.09. The van der Waals surface area contributed by atoms with Crippen LogP contribution in [0.15, 0.2) is 24.3 Å². The summed E-state index contributed by atoms with van der Waals surface area (Å²) in [5, 5.41) is 4.33. The highest BCUT2D eigenvalue weighted by molar-refractivity contribution is 6.30. The Labute approximate surface area is 135 Å². The van der Waals surface area contributed by atoms with Crippen LogP contribution in [0.2, 0.25) is 5.02 Å². The van der Waals surface area contributed by atoms with E-state index in [0.29, 0.717) is 12.1 Å². The molecule has 0 fully saturated rings. The van der Waals surface area contributed by atoms with Gasteiger partial charge in [0.05, 0.1) is 0 Å². The second-order valence-electron chi connectivity index (χ2n) is 6.49. The Kier molecular flexibility index (Phi) is 8.31. The quantitative estimate of drug-likeness (QED) is 0.662. The Morgan fingerprint density at radius 3 is 2.52 bits per heavy atom. The standard InChI is InChI=1S/C18H31ClN2/c1-14(2)13-20-11-7-8-15(3)21(5)16(4)17-9-6-10-18(19)12-17/h6,9-10,12,14-16,20H,7-8,11,13H2,1-5H3. The van der Waals surface area contributed by atoms with E-state index >= 15 is 0 Å². The summed E-state index contributed by atoms with van der Waals surface area (Å²) in [6, 6.07) is 9.15. The van der Waals surface area contributed by atoms with Gasteiger partial charge in [0.25, 0.3) is 0 Å². The summed E-state index contributed by atoms with van der Waals surface area (Å²) in [5.74, 6) is 0.730. The van der Waals surface area contributed by atoms with Crippen LogP contribution in [0.1, 0.15) is 52.1 Å². The van der Waals surface area contributed by atoms with Gasteiger partial charge in [-0.25, -0.2) is 0 Å². The summed E-state index contributed by atoms with van der Waals surface area (Å²) in [6.07, 6.45) is 2.44. The SMILES string of the molecule is CC(C)CNCCCC(C)N(C)C(C)c1cccc(Cl)c1. The molecule has 1 N–H and O–H groups in total. The molecule has 0 aliphatic heterocycles. The second-order valence-corrected chi connectivity index (χ2v) is 6.92. The van der Waals surface area contributed by atoms with Crippen LogP contribution in [0.4, 0.5) is 0 Å². The van der Waals surface area contributed by atoms with E-state index in [9.17, 15) is 0 Å². The van der Waals surface area contributed by atoms with Gasteiger partial charge in [0.1, 0.15) is 0 Å². The smallest absolute Gasteiger partial charge is 0.0409 e. The first-order valence-electron chi connectivity index (χ1n) is 8.10. The summed E-state index contributed by atoms with van der Waals surface area (Å²) < 4.78 is 0. The van der Waals surface area contributed by atoms with Crippen molar-refractivity contribution < 1.29 is 0 Å². The predicted octanol–water partition coefficient (Wildman–Crippen LogP) is 4.75. The average Bonchev–Trinajstić information content (AvgIpc) is 2.44. The summed E-state index contributed by atoms with van der Waals surface area (Å²) in [7, 11) is 2.21. The van der Waals surface area contributed by atoms with E-state index in [1.165, 1.54) is 18.4 Å². The summed E-state index contributed by atoms with van der Waals surface area (Å²) in [5.41, 5.74) is 1.29. The number of hydrogen-bond acceptors (Lipinski definition) is 2. The lowest BCUT2D eigenvalue weighted by atomic mass is 10.0. The largest absolute Gasteiger partial charge is 0.316 e. The summed E-state index contributed by atoms with van der Waals surface area (Å²) in [4.78, 5) is 2.44. The van der Waals surface area contributed by atoms with Crippen molar-refractivity contribution in [3.8, 4) is 0 Å². The van der Waals surface area contributed by atoms with Crippen molar-refractivity contribution in [3.63, 3.8) is 0 Å². The molecule has 1 aromatic rings. The Morgan fingerprint density at radius 2 is 1.90 bits per heavy atom. The minimum Gasteiger partial charge on any atom is -0.316 e. The summed E-state index contributed by atoms with van der Waals surface area (Å²) >= 11 is 6.09. The number of hydrogen-bond donors (Lipinski definition) is 1. The third-order valence-electron chi connectivity index (χ3n) is 4.17. The second kappa shape index (κ2) is 9.45. The maximum Gasteiger partial charge on any atom is 0.0409 e. The number of halogens is 1. The van der Waals surface area contributed by atoms with Crippen LogP contribution in [0.3, 0.4) is 0 Å². The number of nitrogens with one attached hydrogen (secondary N) is 1. The van der Waals surface area contributed by atoms with Gasteiger partial charge >= 0.3 is 0 Å². The molecule has 0 saturated carbocycles. The monoisotopic (exact) mass is 310 g/mol.